The van der Waals surface area contributed by atoms with Crippen molar-refractivity contribution in [1.82, 2.24) is 15.1 Å². The fourth-order valence-electron chi connectivity index (χ4n) is 4.37. The Morgan fingerprint density at radius 2 is 1.53 bits per heavy atom. The lowest BCUT2D eigenvalue weighted by atomic mass is 9.87. The molecule has 3 amide bonds. The number of nitrogens with zero attached hydrogens (tertiary/aromatic N) is 2. The minimum absolute atomic E-state index is 0.0543. The Labute approximate surface area is 177 Å². The first-order chi connectivity index (χ1) is 14.4. The monoisotopic (exact) mass is 417 g/mol. The molecule has 0 saturated carbocycles. The van der Waals surface area contributed by atoms with Crippen LogP contribution < -0.4 is 5.32 Å². The Balaban J connectivity index is 1.74. The standard InChI is InChI=1S/C23H32FN3O3/c1-16(2)22(29)27-14-10-17(11-15-27)20(23(30)26-12-6-3-7-13-26)25-21(28)18-8-4-5-9-19(18)24/h4-5,8-9,16-17,20H,3,6-7,10-15H2,1-2H3,(H,25,28). The second-order valence-corrected chi connectivity index (χ2v) is 8.63. The molecule has 0 radical (unpaired) electrons. The number of hydrogen-bond donors (Lipinski definition) is 1. The van der Waals surface area contributed by atoms with Gasteiger partial charge in [-0.15, -0.1) is 0 Å². The van der Waals surface area contributed by atoms with E-state index < -0.39 is 17.8 Å². The first kappa shape index (κ1) is 22.2. The van der Waals surface area contributed by atoms with Crippen LogP contribution >= 0.6 is 0 Å². The van der Waals surface area contributed by atoms with E-state index in [0.29, 0.717) is 39.0 Å². The summed E-state index contributed by atoms with van der Waals surface area (Å²) in [6.45, 7) is 6.28. The number of hydrogen-bond acceptors (Lipinski definition) is 3. The summed E-state index contributed by atoms with van der Waals surface area (Å²) in [6, 6.07) is 5.11. The highest BCUT2D eigenvalue weighted by Crippen LogP contribution is 2.25. The summed E-state index contributed by atoms with van der Waals surface area (Å²) >= 11 is 0. The van der Waals surface area contributed by atoms with Crippen LogP contribution in [0.3, 0.4) is 0 Å². The summed E-state index contributed by atoms with van der Waals surface area (Å²) < 4.78 is 14.1. The molecule has 2 saturated heterocycles. The Bertz CT molecular complexity index is 769. The molecule has 2 fully saturated rings. The molecule has 2 aliphatic rings. The number of rotatable bonds is 5. The van der Waals surface area contributed by atoms with E-state index in [2.05, 4.69) is 5.32 Å². The van der Waals surface area contributed by atoms with Gasteiger partial charge in [0.05, 0.1) is 5.56 Å². The van der Waals surface area contributed by atoms with Gasteiger partial charge in [-0.3, -0.25) is 14.4 Å². The zero-order chi connectivity index (χ0) is 21.7. The van der Waals surface area contributed by atoms with Crippen LogP contribution in [0.25, 0.3) is 0 Å². The highest BCUT2D eigenvalue weighted by Gasteiger charge is 2.37. The van der Waals surface area contributed by atoms with Crippen LogP contribution in [0.5, 0.6) is 0 Å². The smallest absolute Gasteiger partial charge is 0.254 e. The Kier molecular flexibility index (Phi) is 7.45. The summed E-state index contributed by atoms with van der Waals surface area (Å²) in [5.74, 6) is -1.28. The van der Waals surface area contributed by atoms with Crippen LogP contribution in [-0.4, -0.2) is 59.7 Å². The molecule has 1 aromatic rings. The van der Waals surface area contributed by atoms with Crippen LogP contribution in [0, 0.1) is 17.7 Å². The number of carbonyl (C=O) groups excluding carboxylic acids is 3. The molecule has 1 N–H and O–H groups in total. The summed E-state index contributed by atoms with van der Waals surface area (Å²) in [6.07, 6.45) is 4.30. The number of carbonyl (C=O) groups is 3. The molecule has 30 heavy (non-hydrogen) atoms. The van der Waals surface area contributed by atoms with Crippen molar-refractivity contribution >= 4 is 17.7 Å². The highest BCUT2D eigenvalue weighted by atomic mass is 19.1. The van der Waals surface area contributed by atoms with E-state index >= 15 is 0 Å². The van der Waals surface area contributed by atoms with Gasteiger partial charge in [0.15, 0.2) is 0 Å². The van der Waals surface area contributed by atoms with Gasteiger partial charge in [-0.2, -0.15) is 0 Å². The van der Waals surface area contributed by atoms with E-state index in [1.807, 2.05) is 23.6 Å². The van der Waals surface area contributed by atoms with E-state index in [4.69, 9.17) is 0 Å². The fourth-order valence-corrected chi connectivity index (χ4v) is 4.37. The van der Waals surface area contributed by atoms with Crippen molar-refractivity contribution in [2.45, 2.75) is 52.0 Å². The van der Waals surface area contributed by atoms with E-state index in [1.54, 1.807) is 6.07 Å². The van der Waals surface area contributed by atoms with Crippen LogP contribution in [0.15, 0.2) is 24.3 Å². The lowest BCUT2D eigenvalue weighted by Gasteiger charge is -2.39. The number of benzene rings is 1. The van der Waals surface area contributed by atoms with Crippen LogP contribution in [0.4, 0.5) is 4.39 Å². The van der Waals surface area contributed by atoms with Crippen LogP contribution in [-0.2, 0) is 9.59 Å². The third kappa shape index (κ3) is 5.18. The molecule has 3 rings (SSSR count). The summed E-state index contributed by atoms with van der Waals surface area (Å²) in [4.78, 5) is 42.0. The maximum atomic E-state index is 14.1. The molecular weight excluding hydrogens is 385 g/mol. The average Bonchev–Trinajstić information content (AvgIpc) is 2.77. The second kappa shape index (κ2) is 10.0. The summed E-state index contributed by atoms with van der Waals surface area (Å²) in [7, 11) is 0. The lowest BCUT2D eigenvalue weighted by molar-refractivity contribution is -0.138. The number of nitrogens with one attached hydrogen (secondary N) is 1. The second-order valence-electron chi connectivity index (χ2n) is 8.63. The maximum absolute atomic E-state index is 14.1. The zero-order valence-electron chi connectivity index (χ0n) is 17.9. The Hall–Kier alpha value is -2.44. The lowest BCUT2D eigenvalue weighted by Crippen LogP contribution is -2.55. The average molecular weight is 418 g/mol. The van der Waals surface area contributed by atoms with E-state index in [1.165, 1.54) is 18.2 Å². The predicted octanol–water partition coefficient (Wildman–Crippen LogP) is 2.83. The van der Waals surface area contributed by atoms with Gasteiger partial charge in [0.1, 0.15) is 11.9 Å². The zero-order valence-corrected chi connectivity index (χ0v) is 17.9. The summed E-state index contributed by atoms with van der Waals surface area (Å²) in [5.41, 5.74) is -0.0543. The predicted molar refractivity (Wildman–Crippen MR) is 112 cm³/mol. The van der Waals surface area contributed by atoms with Gasteiger partial charge in [0.2, 0.25) is 11.8 Å². The van der Waals surface area contributed by atoms with Crippen molar-refractivity contribution in [2.24, 2.45) is 11.8 Å². The molecular formula is C23H32FN3O3. The van der Waals surface area contributed by atoms with Crippen molar-refractivity contribution in [3.8, 4) is 0 Å². The van der Waals surface area contributed by atoms with E-state index in [-0.39, 0.29) is 29.2 Å². The highest BCUT2D eigenvalue weighted by molar-refractivity contribution is 5.97. The van der Waals surface area contributed by atoms with Crippen LogP contribution in [0.2, 0.25) is 0 Å². The molecule has 6 nitrogen and oxygen atoms in total. The van der Waals surface area contributed by atoms with E-state index in [9.17, 15) is 18.8 Å². The molecule has 1 atom stereocenters. The molecule has 2 aliphatic heterocycles. The minimum atomic E-state index is -0.702. The molecule has 7 heteroatoms. The number of piperidine rings is 2. The normalized spacial score (nSPS) is 18.9. The fraction of sp³-hybridized carbons (Fsp3) is 0.609. The number of likely N-dealkylation sites (tertiary alicyclic amines) is 2. The molecule has 1 aromatic carbocycles. The Morgan fingerprint density at radius 1 is 0.933 bits per heavy atom. The van der Waals surface area contributed by atoms with Gasteiger partial charge < -0.3 is 15.1 Å². The molecule has 1 unspecified atom stereocenters. The SMILES string of the molecule is CC(C)C(=O)N1CCC(C(NC(=O)c2ccccc2F)C(=O)N2CCCCC2)CC1. The van der Waals surface area contributed by atoms with Crippen LogP contribution in [0.1, 0.15) is 56.3 Å². The van der Waals surface area contributed by atoms with Crippen molar-refractivity contribution in [2.75, 3.05) is 26.2 Å². The van der Waals surface area contributed by atoms with Gasteiger partial charge in [-0.25, -0.2) is 4.39 Å². The maximum Gasteiger partial charge on any atom is 0.254 e. The largest absolute Gasteiger partial charge is 0.342 e. The van der Waals surface area contributed by atoms with Gasteiger partial charge in [0.25, 0.3) is 5.91 Å². The molecule has 0 spiro atoms. The molecule has 0 bridgehead atoms. The molecule has 0 aromatic heterocycles. The van der Waals surface area contributed by atoms with Gasteiger partial charge >= 0.3 is 0 Å². The first-order valence-electron chi connectivity index (χ1n) is 11.0. The number of halogens is 1. The van der Waals surface area contributed by atoms with E-state index in [0.717, 1.165) is 19.3 Å². The molecule has 0 aliphatic carbocycles. The van der Waals surface area contributed by atoms with Crippen molar-refractivity contribution in [3.63, 3.8) is 0 Å². The molecule has 164 valence electrons. The van der Waals surface area contributed by atoms with Crippen molar-refractivity contribution in [3.05, 3.63) is 35.6 Å². The minimum Gasteiger partial charge on any atom is -0.342 e. The van der Waals surface area contributed by atoms with Gasteiger partial charge in [0, 0.05) is 32.1 Å². The third-order valence-corrected chi connectivity index (χ3v) is 6.16. The van der Waals surface area contributed by atoms with Crippen molar-refractivity contribution in [1.29, 1.82) is 0 Å². The first-order valence-corrected chi connectivity index (χ1v) is 11.0. The van der Waals surface area contributed by atoms with Crippen molar-refractivity contribution < 1.29 is 18.8 Å². The summed E-state index contributed by atoms with van der Waals surface area (Å²) in [5, 5.41) is 2.83. The quantitative estimate of drug-likeness (QED) is 0.801. The topological polar surface area (TPSA) is 69.7 Å². The molecule has 2 heterocycles. The van der Waals surface area contributed by atoms with Gasteiger partial charge in [-0.1, -0.05) is 26.0 Å². The number of amides is 3. The van der Waals surface area contributed by atoms with Gasteiger partial charge in [-0.05, 0) is 50.2 Å². The Morgan fingerprint density at radius 3 is 2.13 bits per heavy atom. The third-order valence-electron chi connectivity index (χ3n) is 6.16.